The molecule has 2 aromatic rings. The molecule has 32 heavy (non-hydrogen) atoms. The standard InChI is InChI=1S/C16H14N6O7S3/c1-6-19-20-16(32-6)31-5-7-4-30-13-10(12(23)21(13)11(7)14(24)25)18-15(26)17-8-2-3-9(29-8)22(27)28/h2-3,10,13H,4-5H2,1H3,(H,24,25)(H2,17,18,26)/t10?,13-/m1/s1. The van der Waals surface area contributed by atoms with Crippen LogP contribution in [-0.4, -0.2) is 66.0 Å². The number of nitrogens with one attached hydrogen (secondary N) is 2. The lowest BCUT2D eigenvalue weighted by Crippen LogP contribution is -2.71. The number of thioether (sulfide) groups is 2. The van der Waals surface area contributed by atoms with Crippen LogP contribution in [0.5, 0.6) is 0 Å². The molecule has 16 heteroatoms. The van der Waals surface area contributed by atoms with Crippen LogP contribution in [0.4, 0.5) is 16.6 Å². The number of carboxylic acid groups (broad SMARTS) is 1. The maximum atomic E-state index is 12.6. The van der Waals surface area contributed by atoms with Crippen LogP contribution >= 0.6 is 34.9 Å². The van der Waals surface area contributed by atoms with E-state index in [0.717, 1.165) is 11.1 Å². The van der Waals surface area contributed by atoms with Gasteiger partial charge >= 0.3 is 17.9 Å². The second kappa shape index (κ2) is 8.79. The zero-order valence-electron chi connectivity index (χ0n) is 16.1. The van der Waals surface area contributed by atoms with Gasteiger partial charge in [0.15, 0.2) is 4.34 Å². The molecule has 0 aromatic carbocycles. The van der Waals surface area contributed by atoms with Gasteiger partial charge in [-0.25, -0.2) is 9.59 Å². The average molecular weight is 499 g/mol. The van der Waals surface area contributed by atoms with E-state index in [1.165, 1.54) is 45.8 Å². The smallest absolute Gasteiger partial charge is 0.434 e. The first-order valence-corrected chi connectivity index (χ1v) is 11.7. The first-order valence-electron chi connectivity index (χ1n) is 8.89. The summed E-state index contributed by atoms with van der Waals surface area (Å²) in [6, 6.07) is 0.535. The number of fused-ring (bicyclic) bond motifs is 1. The van der Waals surface area contributed by atoms with Crippen molar-refractivity contribution in [1.82, 2.24) is 20.4 Å². The Bertz CT molecular complexity index is 1140. The number of carboxylic acids is 1. The molecule has 0 saturated carbocycles. The predicted octanol–water partition coefficient (Wildman–Crippen LogP) is 1.88. The van der Waals surface area contributed by atoms with E-state index in [2.05, 4.69) is 20.8 Å². The molecule has 2 atom stereocenters. The van der Waals surface area contributed by atoms with Gasteiger partial charge in [-0.2, -0.15) is 0 Å². The lowest BCUT2D eigenvalue weighted by Gasteiger charge is -2.49. The van der Waals surface area contributed by atoms with Gasteiger partial charge in [0.2, 0.25) is 5.88 Å². The highest BCUT2D eigenvalue weighted by atomic mass is 32.2. The van der Waals surface area contributed by atoms with Crippen molar-refractivity contribution in [3.63, 3.8) is 0 Å². The Morgan fingerprint density at radius 3 is 2.84 bits per heavy atom. The summed E-state index contributed by atoms with van der Waals surface area (Å²) in [7, 11) is 0. The van der Waals surface area contributed by atoms with Crippen LogP contribution in [0.1, 0.15) is 5.01 Å². The SMILES string of the molecule is Cc1nnc(SCC2=C(C(=O)O)N3C(=O)C(NC(=O)Nc4ccc([N+](=O)[O-])o4)[C@H]3SC2)s1. The third-order valence-electron chi connectivity index (χ3n) is 4.42. The van der Waals surface area contributed by atoms with E-state index in [1.54, 1.807) is 0 Å². The number of furan rings is 1. The molecule has 0 spiro atoms. The Morgan fingerprint density at radius 2 is 2.22 bits per heavy atom. The van der Waals surface area contributed by atoms with Crippen LogP contribution in [0.25, 0.3) is 0 Å². The molecule has 13 nitrogen and oxygen atoms in total. The third kappa shape index (κ3) is 4.28. The summed E-state index contributed by atoms with van der Waals surface area (Å²) in [4.78, 5) is 47.8. The molecular formula is C16H14N6O7S3. The molecule has 2 aliphatic rings. The number of nitrogens with zero attached hydrogens (tertiary/aromatic N) is 4. The number of amides is 3. The number of carbonyl (C=O) groups is 3. The minimum Gasteiger partial charge on any atom is -0.477 e. The number of aryl methyl sites for hydroxylation is 1. The highest BCUT2D eigenvalue weighted by Gasteiger charge is 2.54. The van der Waals surface area contributed by atoms with Crippen molar-refractivity contribution >= 4 is 64.5 Å². The summed E-state index contributed by atoms with van der Waals surface area (Å²) in [5.41, 5.74) is 0.489. The quantitative estimate of drug-likeness (QED) is 0.219. The van der Waals surface area contributed by atoms with Crippen molar-refractivity contribution in [2.24, 2.45) is 0 Å². The number of nitro groups is 1. The number of urea groups is 1. The fourth-order valence-electron chi connectivity index (χ4n) is 3.06. The summed E-state index contributed by atoms with van der Waals surface area (Å²) in [6.45, 7) is 1.82. The molecule has 4 heterocycles. The van der Waals surface area contributed by atoms with Gasteiger partial charge in [-0.05, 0) is 12.5 Å². The first kappa shape index (κ1) is 22.1. The second-order valence-corrected chi connectivity index (χ2v) is 10.0. The number of β-lactam (4-membered cyclic amide) rings is 1. The Hall–Kier alpha value is -3.11. The van der Waals surface area contributed by atoms with E-state index >= 15 is 0 Å². The monoisotopic (exact) mass is 498 g/mol. The van der Waals surface area contributed by atoms with Crippen LogP contribution in [0.15, 0.2) is 32.2 Å². The molecule has 3 amide bonds. The Labute approximate surface area is 191 Å². The van der Waals surface area contributed by atoms with Crippen molar-refractivity contribution < 1.29 is 28.8 Å². The summed E-state index contributed by atoms with van der Waals surface area (Å²) >= 11 is 4.08. The number of anilines is 1. The molecular weight excluding hydrogens is 484 g/mol. The first-order chi connectivity index (χ1) is 15.2. The number of hydrogen-bond donors (Lipinski definition) is 3. The molecule has 2 aliphatic heterocycles. The summed E-state index contributed by atoms with van der Waals surface area (Å²) < 4.78 is 5.55. The molecule has 4 rings (SSSR count). The molecule has 2 aromatic heterocycles. The lowest BCUT2D eigenvalue weighted by atomic mass is 10.0. The average Bonchev–Trinajstić information content (AvgIpc) is 3.38. The molecule has 0 bridgehead atoms. The molecule has 0 radical (unpaired) electrons. The molecule has 168 valence electrons. The fourth-order valence-corrected chi connectivity index (χ4v) is 6.36. The van der Waals surface area contributed by atoms with Gasteiger partial charge in [0, 0.05) is 17.6 Å². The van der Waals surface area contributed by atoms with E-state index in [-0.39, 0.29) is 11.6 Å². The van der Waals surface area contributed by atoms with Gasteiger partial charge in [0.1, 0.15) is 27.0 Å². The molecule has 1 unspecified atom stereocenters. The van der Waals surface area contributed by atoms with Gasteiger partial charge in [-0.3, -0.25) is 25.1 Å². The van der Waals surface area contributed by atoms with Gasteiger partial charge in [0.25, 0.3) is 5.91 Å². The third-order valence-corrected chi connectivity index (χ3v) is 7.82. The normalized spacial score (nSPS) is 19.9. The minimum absolute atomic E-state index is 0.0902. The van der Waals surface area contributed by atoms with Crippen molar-refractivity contribution in [1.29, 1.82) is 0 Å². The van der Waals surface area contributed by atoms with Crippen molar-refractivity contribution in [3.8, 4) is 0 Å². The van der Waals surface area contributed by atoms with Crippen LogP contribution in [0.2, 0.25) is 0 Å². The van der Waals surface area contributed by atoms with Crippen molar-refractivity contribution in [3.05, 3.63) is 38.5 Å². The number of rotatable bonds is 7. The summed E-state index contributed by atoms with van der Waals surface area (Å²) in [6.07, 6.45) is 0. The maximum absolute atomic E-state index is 12.6. The van der Waals surface area contributed by atoms with E-state index < -0.39 is 40.1 Å². The van der Waals surface area contributed by atoms with Gasteiger partial charge in [0.05, 0.1) is 6.07 Å². The zero-order chi connectivity index (χ0) is 23.0. The Morgan fingerprint density at radius 1 is 1.44 bits per heavy atom. The number of carbonyl (C=O) groups excluding carboxylic acids is 2. The Kier molecular flexibility index (Phi) is 6.07. The molecule has 3 N–H and O–H groups in total. The second-order valence-electron chi connectivity index (χ2n) is 6.51. The van der Waals surface area contributed by atoms with Gasteiger partial charge in [-0.15, -0.1) is 22.0 Å². The number of hydrogen-bond acceptors (Lipinski definition) is 11. The lowest BCUT2D eigenvalue weighted by molar-refractivity contribution is -0.401. The molecule has 0 aliphatic carbocycles. The van der Waals surface area contributed by atoms with Gasteiger partial charge in [-0.1, -0.05) is 23.1 Å². The van der Waals surface area contributed by atoms with Crippen LogP contribution in [0, 0.1) is 17.0 Å². The minimum atomic E-state index is -1.22. The topological polar surface area (TPSA) is 181 Å². The van der Waals surface area contributed by atoms with E-state index in [1.807, 2.05) is 6.92 Å². The van der Waals surface area contributed by atoms with E-state index in [9.17, 15) is 29.6 Å². The Balaban J connectivity index is 1.41. The van der Waals surface area contributed by atoms with Crippen LogP contribution in [0.3, 0.4) is 0 Å². The van der Waals surface area contributed by atoms with E-state index in [0.29, 0.717) is 21.4 Å². The maximum Gasteiger partial charge on any atom is 0.434 e. The summed E-state index contributed by atoms with van der Waals surface area (Å²) in [5, 5.41) is 33.2. The van der Waals surface area contributed by atoms with Crippen LogP contribution < -0.4 is 10.6 Å². The van der Waals surface area contributed by atoms with Crippen LogP contribution in [-0.2, 0) is 9.59 Å². The zero-order valence-corrected chi connectivity index (χ0v) is 18.6. The van der Waals surface area contributed by atoms with Crippen molar-refractivity contribution in [2.75, 3.05) is 16.8 Å². The fraction of sp³-hybridized carbons (Fsp3) is 0.312. The number of aliphatic carboxylic acids is 1. The number of aromatic nitrogens is 2. The summed E-state index contributed by atoms with van der Waals surface area (Å²) in [5.74, 6) is -1.78. The predicted molar refractivity (Wildman–Crippen MR) is 114 cm³/mol. The highest BCUT2D eigenvalue weighted by Crippen LogP contribution is 2.41. The molecule has 1 fully saturated rings. The van der Waals surface area contributed by atoms with E-state index in [4.69, 9.17) is 4.42 Å². The largest absolute Gasteiger partial charge is 0.477 e. The molecule has 1 saturated heterocycles. The van der Waals surface area contributed by atoms with Gasteiger partial charge < -0.3 is 14.8 Å². The highest BCUT2D eigenvalue weighted by molar-refractivity contribution is 8.01. The van der Waals surface area contributed by atoms with Crippen molar-refractivity contribution in [2.45, 2.75) is 22.7 Å².